The summed E-state index contributed by atoms with van der Waals surface area (Å²) < 4.78 is 6.33. The van der Waals surface area contributed by atoms with Crippen LogP contribution in [0.2, 0.25) is 0 Å². The number of rotatable bonds is 4. The summed E-state index contributed by atoms with van der Waals surface area (Å²) in [6.45, 7) is 4.38. The molecule has 1 aliphatic carbocycles. The van der Waals surface area contributed by atoms with Gasteiger partial charge in [-0.3, -0.25) is 4.98 Å². The molecule has 3 rings (SSSR count). The number of hydrogen-bond donors (Lipinski definition) is 0. The van der Waals surface area contributed by atoms with Crippen LogP contribution in [-0.4, -0.2) is 11.1 Å². The summed E-state index contributed by atoms with van der Waals surface area (Å²) >= 11 is 0. The second-order valence-electron chi connectivity index (χ2n) is 5.64. The highest BCUT2D eigenvalue weighted by atomic mass is 16.5. The van der Waals surface area contributed by atoms with E-state index in [-0.39, 0.29) is 12.2 Å². The highest BCUT2D eigenvalue weighted by molar-refractivity contribution is 5.33. The van der Waals surface area contributed by atoms with E-state index in [9.17, 15) is 0 Å². The highest BCUT2D eigenvalue weighted by Crippen LogP contribution is 2.36. The van der Waals surface area contributed by atoms with Crippen molar-refractivity contribution in [3.8, 4) is 0 Å². The Morgan fingerprint density at radius 2 is 2.00 bits per heavy atom. The van der Waals surface area contributed by atoms with E-state index in [0.29, 0.717) is 5.92 Å². The van der Waals surface area contributed by atoms with Crippen LogP contribution in [0, 0.1) is 0 Å². The molecule has 104 valence electrons. The van der Waals surface area contributed by atoms with Crippen LogP contribution in [0.25, 0.3) is 0 Å². The van der Waals surface area contributed by atoms with Crippen LogP contribution >= 0.6 is 0 Å². The third kappa shape index (κ3) is 2.61. The van der Waals surface area contributed by atoms with Gasteiger partial charge in [0.1, 0.15) is 0 Å². The largest absolute Gasteiger partial charge is 0.370 e. The van der Waals surface area contributed by atoms with E-state index in [0.717, 1.165) is 12.8 Å². The lowest BCUT2D eigenvalue weighted by atomic mass is 9.97. The fourth-order valence-corrected chi connectivity index (χ4v) is 2.95. The summed E-state index contributed by atoms with van der Waals surface area (Å²) in [5, 5.41) is 0. The van der Waals surface area contributed by atoms with Gasteiger partial charge < -0.3 is 4.74 Å². The van der Waals surface area contributed by atoms with Gasteiger partial charge in [0, 0.05) is 18.3 Å². The molecule has 0 saturated heterocycles. The van der Waals surface area contributed by atoms with Gasteiger partial charge in [-0.2, -0.15) is 0 Å². The maximum atomic E-state index is 6.33. The van der Waals surface area contributed by atoms with E-state index in [1.165, 1.54) is 16.7 Å². The number of fused-ring (bicyclic) bond motifs is 1. The first kappa shape index (κ1) is 13.3. The zero-order valence-electron chi connectivity index (χ0n) is 12.1. The molecule has 0 aliphatic heterocycles. The van der Waals surface area contributed by atoms with E-state index >= 15 is 0 Å². The summed E-state index contributed by atoms with van der Waals surface area (Å²) in [5.41, 5.74) is 4.06. The van der Waals surface area contributed by atoms with E-state index in [1.54, 1.807) is 0 Å². The molecular formula is C18H21NO. The van der Waals surface area contributed by atoms with Gasteiger partial charge in [0.15, 0.2) is 0 Å². The summed E-state index contributed by atoms with van der Waals surface area (Å²) in [6, 6.07) is 12.8. The lowest BCUT2D eigenvalue weighted by Gasteiger charge is -2.25. The maximum absolute atomic E-state index is 6.33. The predicted octanol–water partition coefficient (Wildman–Crippen LogP) is 4.28. The molecule has 2 heteroatoms. The van der Waals surface area contributed by atoms with Crippen molar-refractivity contribution in [2.75, 3.05) is 0 Å². The molecule has 1 aliphatic rings. The molecule has 1 aromatic heterocycles. The van der Waals surface area contributed by atoms with Gasteiger partial charge in [-0.15, -0.1) is 0 Å². The molecule has 0 radical (unpaired) electrons. The number of hydrogen-bond acceptors (Lipinski definition) is 2. The molecule has 0 N–H and O–H groups in total. The van der Waals surface area contributed by atoms with Gasteiger partial charge in [0.2, 0.25) is 0 Å². The topological polar surface area (TPSA) is 22.1 Å². The third-order valence-corrected chi connectivity index (χ3v) is 4.37. The van der Waals surface area contributed by atoms with E-state index in [1.807, 2.05) is 18.5 Å². The Bertz CT molecular complexity index is 567. The van der Waals surface area contributed by atoms with E-state index in [4.69, 9.17) is 4.74 Å². The lowest BCUT2D eigenvalue weighted by Crippen LogP contribution is -2.19. The average molecular weight is 267 g/mol. The van der Waals surface area contributed by atoms with Gasteiger partial charge in [-0.05, 0) is 42.5 Å². The van der Waals surface area contributed by atoms with Crippen molar-refractivity contribution in [2.45, 2.75) is 44.8 Å². The monoisotopic (exact) mass is 267 g/mol. The van der Waals surface area contributed by atoms with Crippen LogP contribution in [0.1, 0.15) is 49.0 Å². The summed E-state index contributed by atoms with van der Waals surface area (Å²) in [7, 11) is 0. The van der Waals surface area contributed by atoms with Crippen LogP contribution in [0.3, 0.4) is 0 Å². The molecular weight excluding hydrogens is 246 g/mol. The summed E-state index contributed by atoms with van der Waals surface area (Å²) in [5.74, 6) is 0.358. The van der Waals surface area contributed by atoms with Gasteiger partial charge in [-0.25, -0.2) is 0 Å². The quantitative estimate of drug-likeness (QED) is 0.825. The fourth-order valence-electron chi connectivity index (χ4n) is 2.95. The van der Waals surface area contributed by atoms with Gasteiger partial charge in [0.25, 0.3) is 0 Å². The molecule has 0 fully saturated rings. The van der Waals surface area contributed by atoms with Crippen LogP contribution in [0.4, 0.5) is 0 Å². The highest BCUT2D eigenvalue weighted by Gasteiger charge is 2.26. The zero-order valence-corrected chi connectivity index (χ0v) is 12.1. The smallest absolute Gasteiger partial charge is 0.0834 e. The first-order valence-corrected chi connectivity index (χ1v) is 7.39. The molecule has 1 heterocycles. The minimum atomic E-state index is 0.190. The van der Waals surface area contributed by atoms with Crippen LogP contribution in [-0.2, 0) is 11.2 Å². The van der Waals surface area contributed by atoms with Crippen molar-refractivity contribution in [2.24, 2.45) is 0 Å². The summed E-state index contributed by atoms with van der Waals surface area (Å²) in [6.07, 6.45) is 6.43. The van der Waals surface area contributed by atoms with E-state index in [2.05, 4.69) is 49.2 Å². The number of pyridine rings is 1. The molecule has 0 bridgehead atoms. The number of aryl methyl sites for hydroxylation is 1. The number of benzene rings is 1. The molecule has 3 atom stereocenters. The van der Waals surface area contributed by atoms with Crippen molar-refractivity contribution in [3.63, 3.8) is 0 Å². The van der Waals surface area contributed by atoms with Crippen molar-refractivity contribution < 1.29 is 4.74 Å². The SMILES string of the molecule is CC(OC1CCc2ccccc21)C(C)c1cccnc1. The van der Waals surface area contributed by atoms with Crippen molar-refractivity contribution in [1.29, 1.82) is 0 Å². The molecule has 2 nitrogen and oxygen atoms in total. The molecule has 1 aromatic carbocycles. The zero-order chi connectivity index (χ0) is 13.9. The lowest BCUT2D eigenvalue weighted by molar-refractivity contribution is -0.0138. The maximum Gasteiger partial charge on any atom is 0.0834 e. The Labute approximate surface area is 120 Å². The third-order valence-electron chi connectivity index (χ3n) is 4.37. The average Bonchev–Trinajstić information content (AvgIpc) is 2.91. The molecule has 2 aromatic rings. The summed E-state index contributed by atoms with van der Waals surface area (Å²) in [4.78, 5) is 4.20. The van der Waals surface area contributed by atoms with Gasteiger partial charge in [0.05, 0.1) is 12.2 Å². The Hall–Kier alpha value is -1.67. The van der Waals surface area contributed by atoms with Crippen LogP contribution < -0.4 is 0 Å². The van der Waals surface area contributed by atoms with Crippen molar-refractivity contribution >= 4 is 0 Å². The second kappa shape index (κ2) is 5.76. The molecule has 0 spiro atoms. The van der Waals surface area contributed by atoms with Gasteiger partial charge in [-0.1, -0.05) is 37.3 Å². The number of ether oxygens (including phenoxy) is 1. The Morgan fingerprint density at radius 3 is 2.80 bits per heavy atom. The second-order valence-corrected chi connectivity index (χ2v) is 5.64. The number of nitrogens with zero attached hydrogens (tertiary/aromatic N) is 1. The fraction of sp³-hybridized carbons (Fsp3) is 0.389. The number of aromatic nitrogens is 1. The Kier molecular flexibility index (Phi) is 3.83. The molecule has 3 unspecified atom stereocenters. The molecule has 0 saturated carbocycles. The van der Waals surface area contributed by atoms with Gasteiger partial charge >= 0.3 is 0 Å². The van der Waals surface area contributed by atoms with Crippen LogP contribution in [0.5, 0.6) is 0 Å². The predicted molar refractivity (Wildman–Crippen MR) is 80.7 cm³/mol. The Morgan fingerprint density at radius 1 is 1.15 bits per heavy atom. The molecule has 20 heavy (non-hydrogen) atoms. The minimum Gasteiger partial charge on any atom is -0.370 e. The standard InChI is InChI=1S/C18H21NO/c1-13(16-7-5-11-19-12-16)14(2)20-18-10-9-15-6-3-4-8-17(15)18/h3-8,11-14,18H,9-10H2,1-2H3. The Balaban J connectivity index is 1.70. The first-order valence-electron chi connectivity index (χ1n) is 7.39. The molecule has 0 amide bonds. The van der Waals surface area contributed by atoms with Crippen molar-refractivity contribution in [1.82, 2.24) is 4.98 Å². The van der Waals surface area contributed by atoms with Crippen LogP contribution in [0.15, 0.2) is 48.8 Å². The first-order chi connectivity index (χ1) is 9.75. The van der Waals surface area contributed by atoms with E-state index < -0.39 is 0 Å². The normalized spacial score (nSPS) is 20.4. The van der Waals surface area contributed by atoms with Crippen molar-refractivity contribution in [3.05, 3.63) is 65.5 Å². The minimum absolute atomic E-state index is 0.190.